The highest BCUT2D eigenvalue weighted by atomic mass is 16.5. The summed E-state index contributed by atoms with van der Waals surface area (Å²) in [6.07, 6.45) is 3.64. The molecule has 0 N–H and O–H groups in total. The molecule has 0 radical (unpaired) electrons. The number of aromatic nitrogens is 3. The summed E-state index contributed by atoms with van der Waals surface area (Å²) in [4.78, 5) is 14.4. The maximum Gasteiger partial charge on any atom is 0.276 e. The van der Waals surface area contributed by atoms with Crippen molar-refractivity contribution in [2.75, 3.05) is 21.3 Å². The Balaban J connectivity index is 1.50. The summed E-state index contributed by atoms with van der Waals surface area (Å²) < 4.78 is 17.9. The third-order valence-electron chi connectivity index (χ3n) is 4.82. The molecular weight excluding hydrogens is 396 g/mol. The van der Waals surface area contributed by atoms with Crippen LogP contribution >= 0.6 is 0 Å². The van der Waals surface area contributed by atoms with Gasteiger partial charge in [0.15, 0.2) is 11.5 Å². The fraction of sp³-hybridized carbons (Fsp3) is 0.174. The predicted molar refractivity (Wildman–Crippen MR) is 114 cm³/mol. The number of para-hydroxylation sites is 1. The number of carbonyl (C=O) groups is 1. The van der Waals surface area contributed by atoms with Crippen LogP contribution in [0.4, 0.5) is 0 Å². The molecule has 4 rings (SSSR count). The summed E-state index contributed by atoms with van der Waals surface area (Å²) >= 11 is 0. The molecule has 0 aliphatic carbocycles. The van der Waals surface area contributed by atoms with Gasteiger partial charge in [0.1, 0.15) is 11.5 Å². The molecule has 0 saturated carbocycles. The second kappa shape index (κ2) is 8.74. The minimum Gasteiger partial charge on any atom is -0.497 e. The van der Waals surface area contributed by atoms with E-state index in [0.717, 1.165) is 11.3 Å². The van der Waals surface area contributed by atoms with E-state index in [-0.39, 0.29) is 11.6 Å². The molecule has 0 unspecified atom stereocenters. The molecule has 4 aromatic rings. The monoisotopic (exact) mass is 418 g/mol. The van der Waals surface area contributed by atoms with E-state index in [2.05, 4.69) is 10.3 Å². The molecule has 31 heavy (non-hydrogen) atoms. The fourth-order valence-corrected chi connectivity index (χ4v) is 3.21. The highest BCUT2D eigenvalue weighted by Gasteiger charge is 2.20. The minimum atomic E-state index is -0.260. The van der Waals surface area contributed by atoms with Crippen LogP contribution in [-0.4, -0.2) is 47.0 Å². The Hall–Kier alpha value is -4.07. The molecule has 158 valence electrons. The zero-order chi connectivity index (χ0) is 21.8. The number of hydrogen-bond acceptors (Lipinski definition) is 6. The van der Waals surface area contributed by atoms with E-state index in [1.807, 2.05) is 36.5 Å². The van der Waals surface area contributed by atoms with Crippen molar-refractivity contribution in [1.29, 1.82) is 0 Å². The van der Waals surface area contributed by atoms with Crippen molar-refractivity contribution >= 4 is 5.91 Å². The molecule has 0 saturated heterocycles. The third-order valence-corrected chi connectivity index (χ3v) is 4.82. The summed E-state index contributed by atoms with van der Waals surface area (Å²) in [5.74, 6) is 1.40. The molecule has 8 nitrogen and oxygen atoms in total. The largest absolute Gasteiger partial charge is 0.497 e. The van der Waals surface area contributed by atoms with Crippen LogP contribution in [0.25, 0.3) is 17.0 Å². The molecule has 8 heteroatoms. The van der Waals surface area contributed by atoms with Gasteiger partial charge in [0.2, 0.25) is 0 Å². The number of methoxy groups -OCH3 is 2. The average molecular weight is 418 g/mol. The van der Waals surface area contributed by atoms with E-state index in [1.165, 1.54) is 0 Å². The second-order valence-corrected chi connectivity index (χ2v) is 6.93. The SMILES string of the molecule is COc1ccc(OC)c(-c2cc(C(=O)N(C)Cc3cnn(-c4ccccc4)c3)no2)c1. The molecule has 2 aromatic carbocycles. The standard InChI is InChI=1S/C23H22N4O4/c1-26(14-16-13-24-27(15-16)17-7-5-4-6-8-17)23(28)20-12-22(31-25-20)19-11-18(29-2)9-10-21(19)30-3/h4-13,15H,14H2,1-3H3. The second-order valence-electron chi connectivity index (χ2n) is 6.93. The van der Waals surface area contributed by atoms with Gasteiger partial charge in [0, 0.05) is 31.4 Å². The van der Waals surface area contributed by atoms with Gasteiger partial charge >= 0.3 is 0 Å². The molecule has 0 aliphatic rings. The number of hydrogen-bond donors (Lipinski definition) is 0. The van der Waals surface area contributed by atoms with Gasteiger partial charge in [-0.3, -0.25) is 4.79 Å². The van der Waals surface area contributed by atoms with Crippen molar-refractivity contribution in [3.05, 3.63) is 78.2 Å². The van der Waals surface area contributed by atoms with Crippen LogP contribution in [-0.2, 0) is 6.54 Å². The van der Waals surface area contributed by atoms with E-state index in [9.17, 15) is 4.79 Å². The Morgan fingerprint density at radius 3 is 2.65 bits per heavy atom. The van der Waals surface area contributed by atoms with Crippen LogP contribution in [0, 0.1) is 0 Å². The maximum atomic E-state index is 12.9. The van der Waals surface area contributed by atoms with Gasteiger partial charge in [-0.1, -0.05) is 23.4 Å². The Bertz CT molecular complexity index is 1180. The van der Waals surface area contributed by atoms with Crippen molar-refractivity contribution in [3.8, 4) is 28.5 Å². The lowest BCUT2D eigenvalue weighted by atomic mass is 10.1. The van der Waals surface area contributed by atoms with Crippen molar-refractivity contribution in [2.24, 2.45) is 0 Å². The van der Waals surface area contributed by atoms with E-state index in [0.29, 0.717) is 29.4 Å². The van der Waals surface area contributed by atoms with E-state index in [4.69, 9.17) is 14.0 Å². The highest BCUT2D eigenvalue weighted by molar-refractivity contribution is 5.93. The molecule has 0 spiro atoms. The number of nitrogens with zero attached hydrogens (tertiary/aromatic N) is 4. The number of benzene rings is 2. The highest BCUT2D eigenvalue weighted by Crippen LogP contribution is 2.33. The molecule has 0 aliphatic heterocycles. The lowest BCUT2D eigenvalue weighted by molar-refractivity contribution is 0.0775. The Morgan fingerprint density at radius 1 is 1.10 bits per heavy atom. The smallest absolute Gasteiger partial charge is 0.276 e. The lowest BCUT2D eigenvalue weighted by Crippen LogP contribution is -2.26. The van der Waals surface area contributed by atoms with Crippen molar-refractivity contribution in [2.45, 2.75) is 6.54 Å². The van der Waals surface area contributed by atoms with Gasteiger partial charge in [0.25, 0.3) is 5.91 Å². The Kier molecular flexibility index (Phi) is 5.70. The van der Waals surface area contributed by atoms with Crippen molar-refractivity contribution in [3.63, 3.8) is 0 Å². The van der Waals surface area contributed by atoms with Gasteiger partial charge in [-0.05, 0) is 30.3 Å². The molecule has 0 bridgehead atoms. The summed E-state index contributed by atoms with van der Waals surface area (Å²) in [5.41, 5.74) is 2.71. The maximum absolute atomic E-state index is 12.9. The first-order valence-corrected chi connectivity index (χ1v) is 9.62. The van der Waals surface area contributed by atoms with Crippen LogP contribution in [0.2, 0.25) is 0 Å². The van der Waals surface area contributed by atoms with Gasteiger partial charge in [-0.25, -0.2) is 4.68 Å². The van der Waals surface area contributed by atoms with Gasteiger partial charge in [0.05, 0.1) is 31.7 Å². The Morgan fingerprint density at radius 2 is 1.90 bits per heavy atom. The average Bonchev–Trinajstić information content (AvgIpc) is 3.49. The molecule has 2 aromatic heterocycles. The normalized spacial score (nSPS) is 10.7. The lowest BCUT2D eigenvalue weighted by Gasteiger charge is -2.14. The molecular formula is C23H22N4O4. The summed E-state index contributed by atoms with van der Waals surface area (Å²) in [6, 6.07) is 16.7. The fourth-order valence-electron chi connectivity index (χ4n) is 3.21. The zero-order valence-electron chi connectivity index (χ0n) is 17.5. The quantitative estimate of drug-likeness (QED) is 0.454. The molecule has 0 fully saturated rings. The van der Waals surface area contributed by atoms with E-state index < -0.39 is 0 Å². The summed E-state index contributed by atoms with van der Waals surface area (Å²) in [7, 11) is 4.86. The van der Waals surface area contributed by atoms with Crippen LogP contribution in [0.5, 0.6) is 11.5 Å². The number of rotatable bonds is 7. The number of ether oxygens (including phenoxy) is 2. The predicted octanol–water partition coefficient (Wildman–Crippen LogP) is 3.82. The van der Waals surface area contributed by atoms with Crippen LogP contribution < -0.4 is 9.47 Å². The van der Waals surface area contributed by atoms with E-state index in [1.54, 1.807) is 61.3 Å². The first-order valence-electron chi connectivity index (χ1n) is 9.62. The van der Waals surface area contributed by atoms with Gasteiger partial charge < -0.3 is 18.9 Å². The first-order chi connectivity index (χ1) is 15.1. The van der Waals surface area contributed by atoms with E-state index >= 15 is 0 Å². The Labute approximate surface area is 179 Å². The molecule has 2 heterocycles. The molecule has 1 amide bonds. The van der Waals surface area contributed by atoms with Gasteiger partial charge in [-0.15, -0.1) is 0 Å². The van der Waals surface area contributed by atoms with Crippen LogP contribution in [0.3, 0.4) is 0 Å². The molecule has 0 atom stereocenters. The first kappa shape index (κ1) is 20.2. The number of carbonyl (C=O) groups excluding carboxylic acids is 1. The van der Waals surface area contributed by atoms with Crippen LogP contribution in [0.1, 0.15) is 16.1 Å². The topological polar surface area (TPSA) is 82.6 Å². The summed E-state index contributed by atoms with van der Waals surface area (Å²) in [6.45, 7) is 0.385. The van der Waals surface area contributed by atoms with Crippen molar-refractivity contribution < 1.29 is 18.8 Å². The third kappa shape index (κ3) is 4.28. The number of amides is 1. The summed E-state index contributed by atoms with van der Waals surface area (Å²) in [5, 5.41) is 8.33. The van der Waals surface area contributed by atoms with Gasteiger partial charge in [-0.2, -0.15) is 5.10 Å². The van der Waals surface area contributed by atoms with Crippen molar-refractivity contribution in [1.82, 2.24) is 19.8 Å². The minimum absolute atomic E-state index is 0.206. The van der Waals surface area contributed by atoms with Crippen LogP contribution in [0.15, 0.2) is 71.5 Å². The zero-order valence-corrected chi connectivity index (χ0v) is 17.5.